The second kappa shape index (κ2) is 3.91. The normalized spacial score (nSPS) is 19.5. The predicted molar refractivity (Wildman–Crippen MR) is 43.2 cm³/mol. The minimum absolute atomic E-state index is 0.736. The molecule has 0 spiro atoms. The van der Waals surface area contributed by atoms with E-state index < -0.39 is 0 Å². The molecule has 3 heteroatoms. The van der Waals surface area contributed by atoms with Gasteiger partial charge in [0.05, 0.1) is 0 Å². The monoisotopic (exact) mass is 143 g/mol. The molecule has 0 saturated carbocycles. The SMILES string of the molecule is CN(C)CCNC1CNC1. The Morgan fingerprint density at radius 1 is 1.50 bits per heavy atom. The lowest BCUT2D eigenvalue weighted by atomic mass is 10.2. The molecule has 10 heavy (non-hydrogen) atoms. The molecule has 0 aliphatic carbocycles. The maximum atomic E-state index is 3.45. The van der Waals surface area contributed by atoms with E-state index in [0.717, 1.165) is 32.2 Å². The molecular weight excluding hydrogens is 126 g/mol. The van der Waals surface area contributed by atoms with E-state index in [-0.39, 0.29) is 0 Å². The van der Waals surface area contributed by atoms with Gasteiger partial charge >= 0.3 is 0 Å². The van der Waals surface area contributed by atoms with Crippen LogP contribution in [0.2, 0.25) is 0 Å². The van der Waals surface area contributed by atoms with Crippen LogP contribution in [0.3, 0.4) is 0 Å². The largest absolute Gasteiger partial charge is 0.314 e. The molecule has 1 rings (SSSR count). The zero-order valence-electron chi connectivity index (χ0n) is 6.85. The van der Waals surface area contributed by atoms with E-state index in [0.29, 0.717) is 0 Å². The maximum Gasteiger partial charge on any atom is 0.0318 e. The molecule has 3 nitrogen and oxygen atoms in total. The summed E-state index contributed by atoms with van der Waals surface area (Å²) in [5.74, 6) is 0. The highest BCUT2D eigenvalue weighted by Crippen LogP contribution is 1.88. The van der Waals surface area contributed by atoms with E-state index in [4.69, 9.17) is 0 Å². The first-order chi connectivity index (χ1) is 4.79. The third kappa shape index (κ3) is 2.64. The van der Waals surface area contributed by atoms with Crippen LogP contribution in [0.1, 0.15) is 0 Å². The number of nitrogens with zero attached hydrogens (tertiary/aromatic N) is 1. The zero-order chi connectivity index (χ0) is 7.40. The van der Waals surface area contributed by atoms with E-state index in [1.165, 1.54) is 0 Å². The van der Waals surface area contributed by atoms with Crippen molar-refractivity contribution in [1.82, 2.24) is 15.5 Å². The summed E-state index contributed by atoms with van der Waals surface area (Å²) in [6, 6.07) is 0.736. The van der Waals surface area contributed by atoms with Crippen molar-refractivity contribution < 1.29 is 0 Å². The Morgan fingerprint density at radius 2 is 2.20 bits per heavy atom. The summed E-state index contributed by atoms with van der Waals surface area (Å²) in [6.45, 7) is 4.54. The van der Waals surface area contributed by atoms with Crippen molar-refractivity contribution in [2.45, 2.75) is 6.04 Å². The molecule has 60 valence electrons. The molecule has 0 aromatic carbocycles. The number of likely N-dealkylation sites (N-methyl/N-ethyl adjacent to an activating group) is 1. The molecule has 2 N–H and O–H groups in total. The van der Waals surface area contributed by atoms with Gasteiger partial charge < -0.3 is 15.5 Å². The van der Waals surface area contributed by atoms with Crippen LogP contribution in [0, 0.1) is 0 Å². The standard InChI is InChI=1S/C7H17N3/c1-10(2)4-3-9-7-5-8-6-7/h7-9H,3-6H2,1-2H3. The molecule has 0 atom stereocenters. The van der Waals surface area contributed by atoms with E-state index in [1.54, 1.807) is 0 Å². The summed E-state index contributed by atoms with van der Waals surface area (Å²) in [6.07, 6.45) is 0. The molecule has 0 aromatic rings. The van der Waals surface area contributed by atoms with Crippen molar-refractivity contribution in [1.29, 1.82) is 0 Å². The lowest BCUT2D eigenvalue weighted by molar-refractivity contribution is 0.333. The molecule has 0 aromatic heterocycles. The Bertz CT molecular complexity index is 88.9. The third-order valence-electron chi connectivity index (χ3n) is 1.77. The van der Waals surface area contributed by atoms with Crippen LogP contribution in [0.4, 0.5) is 0 Å². The van der Waals surface area contributed by atoms with Gasteiger partial charge in [-0.2, -0.15) is 0 Å². The van der Waals surface area contributed by atoms with Crippen molar-refractivity contribution in [3.8, 4) is 0 Å². The topological polar surface area (TPSA) is 27.3 Å². The van der Waals surface area contributed by atoms with E-state index in [9.17, 15) is 0 Å². The fraction of sp³-hybridized carbons (Fsp3) is 1.00. The zero-order valence-corrected chi connectivity index (χ0v) is 6.85. The van der Waals surface area contributed by atoms with E-state index in [2.05, 4.69) is 29.6 Å². The van der Waals surface area contributed by atoms with Gasteiger partial charge in [0.15, 0.2) is 0 Å². The Hall–Kier alpha value is -0.120. The number of rotatable bonds is 4. The minimum Gasteiger partial charge on any atom is -0.314 e. The highest BCUT2D eigenvalue weighted by atomic mass is 15.1. The van der Waals surface area contributed by atoms with Gasteiger partial charge in [0.1, 0.15) is 0 Å². The van der Waals surface area contributed by atoms with Crippen LogP contribution in [0.15, 0.2) is 0 Å². The molecular formula is C7H17N3. The number of hydrogen-bond acceptors (Lipinski definition) is 3. The molecule has 0 bridgehead atoms. The quantitative estimate of drug-likeness (QED) is 0.534. The predicted octanol–water partition coefficient (Wildman–Crippen LogP) is -0.891. The van der Waals surface area contributed by atoms with Gasteiger partial charge in [0.2, 0.25) is 0 Å². The van der Waals surface area contributed by atoms with Crippen LogP contribution >= 0.6 is 0 Å². The first-order valence-corrected chi connectivity index (χ1v) is 3.88. The van der Waals surface area contributed by atoms with Crippen LogP contribution in [-0.2, 0) is 0 Å². The second-order valence-corrected chi connectivity index (χ2v) is 3.11. The summed E-state index contributed by atoms with van der Waals surface area (Å²) in [7, 11) is 4.20. The van der Waals surface area contributed by atoms with Crippen molar-refractivity contribution >= 4 is 0 Å². The van der Waals surface area contributed by atoms with Gasteiger partial charge in [0.25, 0.3) is 0 Å². The molecule has 1 heterocycles. The Morgan fingerprint density at radius 3 is 2.60 bits per heavy atom. The molecule has 0 radical (unpaired) electrons. The Kier molecular flexibility index (Phi) is 3.12. The molecule has 1 aliphatic heterocycles. The minimum atomic E-state index is 0.736. The number of hydrogen-bond donors (Lipinski definition) is 2. The van der Waals surface area contributed by atoms with Crippen LogP contribution in [0.5, 0.6) is 0 Å². The Balaban J connectivity index is 1.85. The van der Waals surface area contributed by atoms with Gasteiger partial charge in [-0.3, -0.25) is 0 Å². The second-order valence-electron chi connectivity index (χ2n) is 3.11. The van der Waals surface area contributed by atoms with Gasteiger partial charge in [-0.15, -0.1) is 0 Å². The molecule has 1 saturated heterocycles. The van der Waals surface area contributed by atoms with Gasteiger partial charge in [0, 0.05) is 32.2 Å². The fourth-order valence-electron chi connectivity index (χ4n) is 0.925. The van der Waals surface area contributed by atoms with Crippen molar-refractivity contribution in [3.63, 3.8) is 0 Å². The lowest BCUT2D eigenvalue weighted by Crippen LogP contribution is -2.56. The van der Waals surface area contributed by atoms with Gasteiger partial charge in [-0.05, 0) is 14.1 Å². The molecule has 0 unspecified atom stereocenters. The summed E-state index contributed by atoms with van der Waals surface area (Å²) < 4.78 is 0. The van der Waals surface area contributed by atoms with Crippen molar-refractivity contribution in [2.24, 2.45) is 0 Å². The summed E-state index contributed by atoms with van der Waals surface area (Å²) in [4.78, 5) is 2.19. The Labute approximate surface area is 62.8 Å². The van der Waals surface area contributed by atoms with Crippen LogP contribution < -0.4 is 10.6 Å². The van der Waals surface area contributed by atoms with Gasteiger partial charge in [-0.25, -0.2) is 0 Å². The summed E-state index contributed by atoms with van der Waals surface area (Å²) >= 11 is 0. The average Bonchev–Trinajstić information content (AvgIpc) is 1.75. The summed E-state index contributed by atoms with van der Waals surface area (Å²) in [5, 5.41) is 6.67. The lowest BCUT2D eigenvalue weighted by Gasteiger charge is -2.28. The van der Waals surface area contributed by atoms with Crippen LogP contribution in [-0.4, -0.2) is 51.2 Å². The van der Waals surface area contributed by atoms with E-state index >= 15 is 0 Å². The first kappa shape index (κ1) is 7.98. The smallest absolute Gasteiger partial charge is 0.0318 e. The fourth-order valence-corrected chi connectivity index (χ4v) is 0.925. The first-order valence-electron chi connectivity index (χ1n) is 3.88. The van der Waals surface area contributed by atoms with Gasteiger partial charge in [-0.1, -0.05) is 0 Å². The third-order valence-corrected chi connectivity index (χ3v) is 1.77. The van der Waals surface area contributed by atoms with Crippen molar-refractivity contribution in [2.75, 3.05) is 40.3 Å². The molecule has 1 fully saturated rings. The van der Waals surface area contributed by atoms with E-state index in [1.807, 2.05) is 0 Å². The highest BCUT2D eigenvalue weighted by molar-refractivity contribution is 4.81. The summed E-state index contributed by atoms with van der Waals surface area (Å²) in [5.41, 5.74) is 0. The van der Waals surface area contributed by atoms with Crippen molar-refractivity contribution in [3.05, 3.63) is 0 Å². The maximum absolute atomic E-state index is 3.45. The average molecular weight is 143 g/mol. The van der Waals surface area contributed by atoms with Crippen LogP contribution in [0.25, 0.3) is 0 Å². The molecule has 0 amide bonds. The highest BCUT2D eigenvalue weighted by Gasteiger charge is 2.14. The molecule has 1 aliphatic rings. The number of nitrogens with one attached hydrogen (secondary N) is 2.